The summed E-state index contributed by atoms with van der Waals surface area (Å²) in [6.07, 6.45) is 1.21. The summed E-state index contributed by atoms with van der Waals surface area (Å²) in [4.78, 5) is 38.9. The number of halogens is 1. The predicted molar refractivity (Wildman–Crippen MR) is 91.9 cm³/mol. The molecule has 0 aliphatic carbocycles. The van der Waals surface area contributed by atoms with Gasteiger partial charge in [-0.05, 0) is 31.0 Å². The van der Waals surface area contributed by atoms with Crippen LogP contribution < -0.4 is 4.74 Å². The van der Waals surface area contributed by atoms with E-state index in [0.29, 0.717) is 35.7 Å². The molecule has 1 aliphatic rings. The van der Waals surface area contributed by atoms with E-state index in [1.807, 2.05) is 0 Å². The lowest BCUT2D eigenvalue weighted by atomic mass is 9.98. The van der Waals surface area contributed by atoms with Crippen LogP contribution in [0.25, 0.3) is 0 Å². The number of hydrogen-bond donors (Lipinski definition) is 1. The second kappa shape index (κ2) is 8.20. The first-order valence-electron chi connectivity index (χ1n) is 7.93. The third-order valence-electron chi connectivity index (χ3n) is 4.24. The van der Waals surface area contributed by atoms with Crippen molar-refractivity contribution >= 4 is 29.4 Å². The van der Waals surface area contributed by atoms with Crippen LogP contribution in [-0.2, 0) is 9.59 Å². The number of carbonyl (C=O) groups is 3. The van der Waals surface area contributed by atoms with Crippen LogP contribution in [0.4, 0.5) is 0 Å². The molecule has 1 aliphatic heterocycles. The summed E-state index contributed by atoms with van der Waals surface area (Å²) in [6.45, 7) is 0.562. The van der Waals surface area contributed by atoms with Gasteiger partial charge in [0, 0.05) is 25.2 Å². The number of aliphatic carboxylic acids is 1. The average Bonchev–Trinajstić information content (AvgIpc) is 2.60. The zero-order valence-corrected chi connectivity index (χ0v) is 15.0. The highest BCUT2D eigenvalue weighted by Gasteiger charge is 2.29. The topological polar surface area (TPSA) is 87.2 Å². The van der Waals surface area contributed by atoms with Crippen molar-refractivity contribution in [1.29, 1.82) is 0 Å². The van der Waals surface area contributed by atoms with E-state index < -0.39 is 11.9 Å². The van der Waals surface area contributed by atoms with Gasteiger partial charge in [-0.15, -0.1) is 0 Å². The van der Waals surface area contributed by atoms with E-state index in [1.54, 1.807) is 12.1 Å². The zero-order chi connectivity index (χ0) is 18.6. The van der Waals surface area contributed by atoms with Gasteiger partial charge in [0.1, 0.15) is 5.75 Å². The molecule has 1 aromatic carbocycles. The molecule has 7 nitrogen and oxygen atoms in total. The molecule has 1 heterocycles. The van der Waals surface area contributed by atoms with Crippen molar-refractivity contribution in [2.24, 2.45) is 5.92 Å². The van der Waals surface area contributed by atoms with Crippen LogP contribution in [0.15, 0.2) is 18.2 Å². The fourth-order valence-electron chi connectivity index (χ4n) is 2.83. The lowest BCUT2D eigenvalue weighted by Crippen LogP contribution is -2.46. The van der Waals surface area contributed by atoms with Gasteiger partial charge >= 0.3 is 5.97 Å². The Morgan fingerprint density at radius 3 is 2.76 bits per heavy atom. The molecule has 0 saturated carbocycles. The Labute approximate surface area is 151 Å². The number of carbonyl (C=O) groups excluding carboxylic acids is 2. The van der Waals surface area contributed by atoms with E-state index in [-0.39, 0.29) is 24.9 Å². The molecular weight excluding hydrogens is 348 g/mol. The lowest BCUT2D eigenvalue weighted by Gasteiger charge is -2.32. The number of rotatable bonds is 5. The molecule has 1 atom stereocenters. The van der Waals surface area contributed by atoms with E-state index >= 15 is 0 Å². The molecular formula is C17H21ClN2O5. The quantitative estimate of drug-likeness (QED) is 0.855. The molecule has 1 unspecified atom stereocenters. The van der Waals surface area contributed by atoms with Gasteiger partial charge in [-0.2, -0.15) is 0 Å². The first-order valence-corrected chi connectivity index (χ1v) is 8.31. The summed E-state index contributed by atoms with van der Waals surface area (Å²) in [5, 5.41) is 9.55. The molecule has 2 rings (SSSR count). The molecule has 25 heavy (non-hydrogen) atoms. The van der Waals surface area contributed by atoms with Crippen LogP contribution >= 0.6 is 11.6 Å². The molecule has 1 saturated heterocycles. The molecule has 0 aromatic heterocycles. The normalized spacial score (nSPS) is 17.1. The van der Waals surface area contributed by atoms with Gasteiger partial charge in [-0.1, -0.05) is 11.6 Å². The number of benzene rings is 1. The minimum atomic E-state index is -0.896. The molecule has 136 valence electrons. The van der Waals surface area contributed by atoms with Crippen molar-refractivity contribution in [3.8, 4) is 5.75 Å². The van der Waals surface area contributed by atoms with Gasteiger partial charge in [0.05, 0.1) is 25.1 Å². The number of likely N-dealkylation sites (tertiary alicyclic amines) is 1. The van der Waals surface area contributed by atoms with Gasteiger partial charge in [-0.25, -0.2) is 0 Å². The molecule has 1 aromatic rings. The molecule has 0 radical (unpaired) electrons. The number of likely N-dealkylation sites (N-methyl/N-ethyl adjacent to an activating group) is 1. The van der Waals surface area contributed by atoms with Crippen LogP contribution in [0, 0.1) is 5.92 Å². The van der Waals surface area contributed by atoms with Crippen molar-refractivity contribution in [2.75, 3.05) is 33.8 Å². The highest BCUT2D eigenvalue weighted by molar-refractivity contribution is 6.30. The number of nitrogens with zero attached hydrogens (tertiary/aromatic N) is 2. The first kappa shape index (κ1) is 19.1. The van der Waals surface area contributed by atoms with Gasteiger partial charge < -0.3 is 19.6 Å². The average molecular weight is 369 g/mol. The number of amides is 2. The molecule has 0 bridgehead atoms. The smallest absolute Gasteiger partial charge is 0.308 e. The van der Waals surface area contributed by atoms with Crippen LogP contribution in [0.3, 0.4) is 0 Å². The monoisotopic (exact) mass is 368 g/mol. The van der Waals surface area contributed by atoms with Crippen molar-refractivity contribution in [3.63, 3.8) is 0 Å². The number of hydrogen-bond acceptors (Lipinski definition) is 4. The van der Waals surface area contributed by atoms with E-state index in [0.717, 1.165) is 0 Å². The summed E-state index contributed by atoms with van der Waals surface area (Å²) in [5.74, 6) is -1.74. The van der Waals surface area contributed by atoms with E-state index in [1.165, 1.54) is 30.0 Å². The SMILES string of the molecule is COc1cc(Cl)ccc1C(=O)N(C)CC(=O)N1CCCC(C(=O)O)C1. The third-order valence-corrected chi connectivity index (χ3v) is 4.47. The Bertz CT molecular complexity index is 679. The highest BCUT2D eigenvalue weighted by atomic mass is 35.5. The fourth-order valence-corrected chi connectivity index (χ4v) is 2.99. The van der Waals surface area contributed by atoms with Gasteiger partial charge in [-0.3, -0.25) is 14.4 Å². The number of ether oxygens (including phenoxy) is 1. The van der Waals surface area contributed by atoms with Crippen LogP contribution in [0.5, 0.6) is 5.75 Å². The largest absolute Gasteiger partial charge is 0.496 e. The highest BCUT2D eigenvalue weighted by Crippen LogP contribution is 2.24. The van der Waals surface area contributed by atoms with E-state index in [4.69, 9.17) is 21.4 Å². The number of piperidine rings is 1. The zero-order valence-electron chi connectivity index (χ0n) is 14.2. The molecule has 2 amide bonds. The third kappa shape index (κ3) is 4.63. The van der Waals surface area contributed by atoms with E-state index in [9.17, 15) is 14.4 Å². The standard InChI is InChI=1S/C17H21ClN2O5/c1-19(16(22)13-6-5-12(18)8-14(13)25-2)10-15(21)20-7-3-4-11(9-20)17(23)24/h5-6,8,11H,3-4,7,9-10H2,1-2H3,(H,23,24). The summed E-state index contributed by atoms with van der Waals surface area (Å²) < 4.78 is 5.17. The molecule has 1 N–H and O–H groups in total. The number of carboxylic acids is 1. The first-order chi connectivity index (χ1) is 11.8. The maximum absolute atomic E-state index is 12.6. The van der Waals surface area contributed by atoms with Crippen LogP contribution in [-0.4, -0.2) is 66.5 Å². The maximum Gasteiger partial charge on any atom is 0.308 e. The van der Waals surface area contributed by atoms with Crippen LogP contribution in [0.1, 0.15) is 23.2 Å². The van der Waals surface area contributed by atoms with Gasteiger partial charge in [0.25, 0.3) is 5.91 Å². The fraction of sp³-hybridized carbons (Fsp3) is 0.471. The minimum absolute atomic E-state index is 0.128. The Kier molecular flexibility index (Phi) is 6.25. The van der Waals surface area contributed by atoms with Crippen molar-refractivity contribution in [3.05, 3.63) is 28.8 Å². The van der Waals surface area contributed by atoms with Crippen molar-refractivity contribution < 1.29 is 24.2 Å². The number of carboxylic acid groups (broad SMARTS) is 1. The maximum atomic E-state index is 12.6. The lowest BCUT2D eigenvalue weighted by molar-refractivity contribution is -0.145. The summed E-state index contributed by atoms with van der Waals surface area (Å²) in [7, 11) is 2.96. The second-order valence-corrected chi connectivity index (χ2v) is 6.46. The van der Waals surface area contributed by atoms with E-state index in [2.05, 4.69) is 0 Å². The Balaban J connectivity index is 2.03. The molecule has 0 spiro atoms. The summed E-state index contributed by atoms with van der Waals surface area (Å²) in [6, 6.07) is 4.66. The van der Waals surface area contributed by atoms with Crippen LogP contribution in [0.2, 0.25) is 5.02 Å². The number of methoxy groups -OCH3 is 1. The predicted octanol–water partition coefficient (Wildman–Crippen LogP) is 1.74. The second-order valence-electron chi connectivity index (χ2n) is 6.02. The summed E-state index contributed by atoms with van der Waals surface area (Å²) >= 11 is 5.89. The van der Waals surface area contributed by atoms with Crippen molar-refractivity contribution in [1.82, 2.24) is 9.80 Å². The Morgan fingerprint density at radius 2 is 2.12 bits per heavy atom. The molecule has 1 fully saturated rings. The molecule has 8 heteroatoms. The van der Waals surface area contributed by atoms with Crippen molar-refractivity contribution in [2.45, 2.75) is 12.8 Å². The summed E-state index contributed by atoms with van der Waals surface area (Å²) in [5.41, 5.74) is 0.309. The van der Waals surface area contributed by atoms with Gasteiger partial charge in [0.15, 0.2) is 0 Å². The van der Waals surface area contributed by atoms with Gasteiger partial charge in [0.2, 0.25) is 5.91 Å². The minimum Gasteiger partial charge on any atom is -0.496 e. The Hall–Kier alpha value is -2.28. The Morgan fingerprint density at radius 1 is 1.40 bits per heavy atom.